The van der Waals surface area contributed by atoms with Crippen LogP contribution >= 0.6 is 11.6 Å². The van der Waals surface area contributed by atoms with Gasteiger partial charge in [0.05, 0.1) is 12.5 Å². The Morgan fingerprint density at radius 1 is 1.50 bits per heavy atom. The zero-order valence-electron chi connectivity index (χ0n) is 6.93. The summed E-state index contributed by atoms with van der Waals surface area (Å²) in [6.07, 6.45) is 1.19. The third-order valence-electron chi connectivity index (χ3n) is 2.07. The lowest BCUT2D eigenvalue weighted by molar-refractivity contribution is -0.152. The van der Waals surface area contributed by atoms with Crippen LogP contribution in [0.25, 0.3) is 0 Å². The van der Waals surface area contributed by atoms with Gasteiger partial charge in [-0.1, -0.05) is 0 Å². The summed E-state index contributed by atoms with van der Waals surface area (Å²) in [4.78, 5) is 22.4. The molecule has 1 rings (SSSR count). The first-order valence-electron chi connectivity index (χ1n) is 3.94. The number of ether oxygens (including phenoxy) is 1. The lowest BCUT2D eigenvalue weighted by atomic mass is 10.0. The fraction of sp³-hybridized carbons (Fsp3) is 0.750. The molecular formula is C8H11ClO3. The molecule has 0 aromatic heterocycles. The molecule has 12 heavy (non-hydrogen) atoms. The maximum atomic E-state index is 11.2. The van der Waals surface area contributed by atoms with Crippen LogP contribution in [0.2, 0.25) is 0 Å². The molecule has 3 nitrogen and oxygen atoms in total. The Hall–Kier alpha value is -0.570. The third-order valence-corrected chi connectivity index (χ3v) is 2.31. The van der Waals surface area contributed by atoms with Crippen LogP contribution in [0.4, 0.5) is 0 Å². The summed E-state index contributed by atoms with van der Waals surface area (Å²) in [6.45, 7) is 2.04. The van der Waals surface area contributed by atoms with Crippen LogP contribution in [0.1, 0.15) is 19.8 Å². The topological polar surface area (TPSA) is 43.4 Å². The van der Waals surface area contributed by atoms with Crippen molar-refractivity contribution < 1.29 is 14.3 Å². The van der Waals surface area contributed by atoms with Gasteiger partial charge in [-0.3, -0.25) is 9.59 Å². The second-order valence-corrected chi connectivity index (χ2v) is 3.13. The third kappa shape index (κ3) is 1.46. The molecule has 0 amide bonds. The number of carbonyl (C=O) groups is 2. The Kier molecular flexibility index (Phi) is 2.73. The smallest absolute Gasteiger partial charge is 0.319 e. The molecule has 0 atom stereocenters. The van der Waals surface area contributed by atoms with Crippen molar-refractivity contribution in [2.24, 2.45) is 5.41 Å². The second kappa shape index (κ2) is 3.44. The molecule has 0 aromatic carbocycles. The number of halogens is 1. The predicted octanol–water partition coefficient (Wildman–Crippen LogP) is 1.14. The van der Waals surface area contributed by atoms with Crippen molar-refractivity contribution in [1.29, 1.82) is 0 Å². The molecule has 1 aliphatic rings. The highest BCUT2D eigenvalue weighted by Crippen LogP contribution is 2.47. The summed E-state index contributed by atoms with van der Waals surface area (Å²) in [6, 6.07) is 0. The van der Waals surface area contributed by atoms with Crippen molar-refractivity contribution >= 4 is 23.4 Å². The average molecular weight is 191 g/mol. The maximum Gasteiger partial charge on any atom is 0.319 e. The SMILES string of the molecule is CCOC(=O)C1(C(=O)CCl)CC1. The van der Waals surface area contributed by atoms with Gasteiger partial charge >= 0.3 is 5.97 Å². The van der Waals surface area contributed by atoms with E-state index in [0.717, 1.165) is 0 Å². The molecule has 0 unspecified atom stereocenters. The van der Waals surface area contributed by atoms with E-state index in [1.54, 1.807) is 6.92 Å². The van der Waals surface area contributed by atoms with Crippen molar-refractivity contribution in [3.05, 3.63) is 0 Å². The summed E-state index contributed by atoms with van der Waals surface area (Å²) in [5, 5.41) is 0. The number of hydrogen-bond donors (Lipinski definition) is 0. The first kappa shape index (κ1) is 9.52. The van der Waals surface area contributed by atoms with E-state index in [-0.39, 0.29) is 11.7 Å². The van der Waals surface area contributed by atoms with Crippen molar-refractivity contribution in [3.63, 3.8) is 0 Å². The Morgan fingerprint density at radius 2 is 2.08 bits per heavy atom. The van der Waals surface area contributed by atoms with Gasteiger partial charge in [-0.25, -0.2) is 0 Å². The van der Waals surface area contributed by atoms with E-state index >= 15 is 0 Å². The predicted molar refractivity (Wildman–Crippen MR) is 44.0 cm³/mol. The first-order chi connectivity index (χ1) is 5.67. The molecule has 1 aliphatic carbocycles. The van der Waals surface area contributed by atoms with E-state index in [0.29, 0.717) is 19.4 Å². The average Bonchev–Trinajstić information content (AvgIpc) is 2.84. The van der Waals surface area contributed by atoms with Gasteiger partial charge in [-0.2, -0.15) is 0 Å². The molecule has 4 heteroatoms. The number of rotatable bonds is 4. The Bertz CT molecular complexity index is 208. The van der Waals surface area contributed by atoms with Crippen LogP contribution in [0, 0.1) is 5.41 Å². The molecule has 0 saturated heterocycles. The molecule has 0 heterocycles. The maximum absolute atomic E-state index is 11.2. The quantitative estimate of drug-likeness (QED) is 0.379. The minimum atomic E-state index is -0.863. The summed E-state index contributed by atoms with van der Waals surface area (Å²) in [7, 11) is 0. The summed E-state index contributed by atoms with van der Waals surface area (Å²) in [5.41, 5.74) is -0.863. The lowest BCUT2D eigenvalue weighted by Crippen LogP contribution is -2.28. The zero-order chi connectivity index (χ0) is 9.19. The van der Waals surface area contributed by atoms with Crippen LogP contribution < -0.4 is 0 Å². The van der Waals surface area contributed by atoms with Crippen LogP contribution in [-0.4, -0.2) is 24.2 Å². The minimum Gasteiger partial charge on any atom is -0.465 e. The summed E-state index contributed by atoms with van der Waals surface area (Å²) >= 11 is 5.36. The van der Waals surface area contributed by atoms with E-state index in [4.69, 9.17) is 16.3 Å². The molecule has 0 spiro atoms. The van der Waals surface area contributed by atoms with Crippen molar-refractivity contribution in [3.8, 4) is 0 Å². The monoisotopic (exact) mass is 190 g/mol. The van der Waals surface area contributed by atoms with E-state index in [9.17, 15) is 9.59 Å². The fourth-order valence-electron chi connectivity index (χ4n) is 1.12. The fourth-order valence-corrected chi connectivity index (χ4v) is 1.37. The van der Waals surface area contributed by atoms with Crippen LogP contribution in [0.15, 0.2) is 0 Å². The number of Topliss-reactive ketones (excluding diaryl/α,β-unsaturated/α-hetero) is 1. The van der Waals surface area contributed by atoms with Gasteiger partial charge in [-0.15, -0.1) is 11.6 Å². The van der Waals surface area contributed by atoms with Crippen LogP contribution in [0.5, 0.6) is 0 Å². The number of esters is 1. The molecule has 0 N–H and O–H groups in total. The van der Waals surface area contributed by atoms with Gasteiger partial charge in [0.15, 0.2) is 5.78 Å². The molecule has 0 aromatic rings. The number of alkyl halides is 1. The highest BCUT2D eigenvalue weighted by Gasteiger charge is 2.56. The van der Waals surface area contributed by atoms with Crippen molar-refractivity contribution in [2.45, 2.75) is 19.8 Å². The second-order valence-electron chi connectivity index (χ2n) is 2.86. The van der Waals surface area contributed by atoms with E-state index < -0.39 is 11.4 Å². The standard InChI is InChI=1S/C8H11ClO3/c1-2-12-7(11)8(3-4-8)6(10)5-9/h2-5H2,1H3. The molecule has 68 valence electrons. The first-order valence-corrected chi connectivity index (χ1v) is 4.47. The summed E-state index contributed by atoms with van der Waals surface area (Å²) < 4.78 is 4.77. The number of ketones is 1. The lowest BCUT2D eigenvalue weighted by Gasteiger charge is -2.09. The zero-order valence-corrected chi connectivity index (χ0v) is 7.69. The van der Waals surface area contributed by atoms with Crippen molar-refractivity contribution in [1.82, 2.24) is 0 Å². The van der Waals surface area contributed by atoms with E-state index in [1.807, 2.05) is 0 Å². The number of hydrogen-bond acceptors (Lipinski definition) is 3. The largest absolute Gasteiger partial charge is 0.465 e. The van der Waals surface area contributed by atoms with Gasteiger partial charge in [0, 0.05) is 0 Å². The van der Waals surface area contributed by atoms with E-state index in [2.05, 4.69) is 0 Å². The Morgan fingerprint density at radius 3 is 2.42 bits per heavy atom. The molecule has 1 fully saturated rings. The molecule has 0 bridgehead atoms. The normalized spacial score (nSPS) is 18.5. The van der Waals surface area contributed by atoms with Gasteiger partial charge in [0.25, 0.3) is 0 Å². The number of carbonyl (C=O) groups excluding carboxylic acids is 2. The van der Waals surface area contributed by atoms with Crippen LogP contribution in [0.3, 0.4) is 0 Å². The van der Waals surface area contributed by atoms with Crippen molar-refractivity contribution in [2.75, 3.05) is 12.5 Å². The van der Waals surface area contributed by atoms with Gasteiger partial charge in [0.2, 0.25) is 0 Å². The molecule has 0 radical (unpaired) electrons. The Balaban J connectivity index is 2.60. The molecule has 0 aliphatic heterocycles. The van der Waals surface area contributed by atoms with Gasteiger partial charge in [0.1, 0.15) is 5.41 Å². The molecular weight excluding hydrogens is 180 g/mol. The van der Waals surface area contributed by atoms with Crippen LogP contribution in [-0.2, 0) is 14.3 Å². The Labute approximate surface area is 76.0 Å². The van der Waals surface area contributed by atoms with Gasteiger partial charge < -0.3 is 4.74 Å². The highest BCUT2D eigenvalue weighted by atomic mass is 35.5. The van der Waals surface area contributed by atoms with E-state index in [1.165, 1.54) is 0 Å². The molecule has 1 saturated carbocycles. The highest BCUT2D eigenvalue weighted by molar-refractivity contribution is 6.31. The van der Waals surface area contributed by atoms with Gasteiger partial charge in [-0.05, 0) is 19.8 Å². The minimum absolute atomic E-state index is 0.0984. The summed E-state index contributed by atoms with van der Waals surface area (Å²) in [5.74, 6) is -0.711.